The van der Waals surface area contributed by atoms with Crippen molar-refractivity contribution in [1.82, 2.24) is 10.2 Å². The van der Waals surface area contributed by atoms with Gasteiger partial charge in [0.15, 0.2) is 0 Å². The molecule has 1 aliphatic rings. The van der Waals surface area contributed by atoms with Crippen LogP contribution in [0.4, 0.5) is 0 Å². The van der Waals surface area contributed by atoms with Crippen molar-refractivity contribution in [2.45, 2.75) is 51.1 Å². The van der Waals surface area contributed by atoms with Crippen molar-refractivity contribution in [2.24, 2.45) is 17.6 Å². The van der Waals surface area contributed by atoms with Crippen molar-refractivity contribution in [3.63, 3.8) is 0 Å². The minimum atomic E-state index is -1.03. The molecule has 36 heavy (non-hydrogen) atoms. The van der Waals surface area contributed by atoms with Crippen molar-refractivity contribution in [3.8, 4) is 0 Å². The fourth-order valence-corrected chi connectivity index (χ4v) is 4.77. The number of amides is 2. The van der Waals surface area contributed by atoms with Gasteiger partial charge in [-0.3, -0.25) is 15.0 Å². The van der Waals surface area contributed by atoms with Crippen molar-refractivity contribution >= 4 is 23.6 Å². The minimum absolute atomic E-state index is 0.0113. The highest BCUT2D eigenvalue weighted by Crippen LogP contribution is 2.27. The van der Waals surface area contributed by atoms with Gasteiger partial charge in [0.1, 0.15) is 17.8 Å². The average Bonchev–Trinajstić information content (AvgIpc) is 2.90. The predicted octanol–water partition coefficient (Wildman–Crippen LogP) is 3.03. The Labute approximate surface area is 212 Å². The Kier molecular flexibility index (Phi) is 9.61. The molecule has 0 aromatic heterocycles. The molecule has 0 bridgehead atoms. The van der Waals surface area contributed by atoms with E-state index < -0.39 is 23.8 Å². The summed E-state index contributed by atoms with van der Waals surface area (Å²) in [6.07, 6.45) is 4.93. The Morgan fingerprint density at radius 1 is 1.03 bits per heavy atom. The van der Waals surface area contributed by atoms with E-state index in [-0.39, 0.29) is 24.1 Å². The van der Waals surface area contributed by atoms with Crippen molar-refractivity contribution in [2.75, 3.05) is 14.2 Å². The quantitative estimate of drug-likeness (QED) is 0.203. The maximum Gasteiger partial charge on any atom is 0.328 e. The van der Waals surface area contributed by atoms with Crippen molar-refractivity contribution in [3.05, 3.63) is 71.3 Å². The second kappa shape index (κ2) is 12.9. The molecule has 3 rings (SSSR count). The predicted molar refractivity (Wildman–Crippen MR) is 138 cm³/mol. The van der Waals surface area contributed by atoms with E-state index in [4.69, 9.17) is 15.9 Å². The summed E-state index contributed by atoms with van der Waals surface area (Å²) in [4.78, 5) is 41.3. The molecule has 2 atom stereocenters. The van der Waals surface area contributed by atoms with Crippen LogP contribution in [0, 0.1) is 17.2 Å². The molecule has 0 spiro atoms. The fraction of sp³-hybridized carbons (Fsp3) is 0.429. The highest BCUT2D eigenvalue weighted by atomic mass is 16.5. The monoisotopic (exact) mass is 492 g/mol. The number of hydrogen-bond donors (Lipinski definition) is 3. The van der Waals surface area contributed by atoms with Gasteiger partial charge in [-0.15, -0.1) is 0 Å². The van der Waals surface area contributed by atoms with Gasteiger partial charge in [0.25, 0.3) is 0 Å². The lowest BCUT2D eigenvalue weighted by Gasteiger charge is -2.31. The van der Waals surface area contributed by atoms with E-state index in [1.807, 2.05) is 30.3 Å². The van der Waals surface area contributed by atoms with Crippen LogP contribution in [0.25, 0.3) is 0 Å². The van der Waals surface area contributed by atoms with E-state index in [1.54, 1.807) is 31.3 Å². The van der Waals surface area contributed by atoms with Gasteiger partial charge < -0.3 is 20.7 Å². The number of methoxy groups -OCH3 is 1. The zero-order valence-electron chi connectivity index (χ0n) is 21.0. The van der Waals surface area contributed by atoms with Crippen LogP contribution in [-0.4, -0.2) is 48.7 Å². The Morgan fingerprint density at radius 3 is 2.25 bits per heavy atom. The first-order chi connectivity index (χ1) is 17.3. The molecule has 8 heteroatoms. The SMILES string of the molecule is COC(=O)[C@@H](NC(=O)C(Cc1ccc(C(=N)N)cc1)C(=O)N(C)Cc1ccccc1)C1CCCCC1. The number of nitrogens with one attached hydrogen (secondary N) is 2. The first-order valence-corrected chi connectivity index (χ1v) is 12.4. The molecule has 2 amide bonds. The number of benzene rings is 2. The minimum Gasteiger partial charge on any atom is -0.467 e. The van der Waals surface area contributed by atoms with E-state index in [0.717, 1.165) is 43.2 Å². The van der Waals surface area contributed by atoms with Crippen LogP contribution in [0.3, 0.4) is 0 Å². The van der Waals surface area contributed by atoms with Gasteiger partial charge in [-0.2, -0.15) is 0 Å². The van der Waals surface area contributed by atoms with Crippen LogP contribution in [0.5, 0.6) is 0 Å². The Hall–Kier alpha value is -3.68. The number of amidine groups is 1. The standard InChI is InChI=1S/C28H36N4O4/c1-32(18-20-9-5-3-6-10-20)27(34)23(17-19-13-15-22(16-14-19)25(29)30)26(33)31-24(28(35)36-2)21-11-7-4-8-12-21/h3,5-6,9-10,13-16,21,23-24H,4,7-8,11-12,17-18H2,1-2H3,(H3,29,30)(H,31,33)/t23?,24-/m0/s1. The maximum atomic E-state index is 13.6. The zero-order valence-corrected chi connectivity index (χ0v) is 21.0. The summed E-state index contributed by atoms with van der Waals surface area (Å²) in [6.45, 7) is 0.357. The molecule has 1 aliphatic carbocycles. The molecule has 0 radical (unpaired) electrons. The molecule has 0 saturated heterocycles. The van der Waals surface area contributed by atoms with Crippen molar-refractivity contribution in [1.29, 1.82) is 5.41 Å². The van der Waals surface area contributed by atoms with E-state index >= 15 is 0 Å². The number of nitrogens with two attached hydrogens (primary N) is 1. The Bertz CT molecular complexity index is 1050. The highest BCUT2D eigenvalue weighted by molar-refractivity contribution is 6.01. The molecule has 0 aliphatic heterocycles. The molecule has 0 heterocycles. The Morgan fingerprint density at radius 2 is 1.67 bits per heavy atom. The van der Waals surface area contributed by atoms with Crippen LogP contribution >= 0.6 is 0 Å². The number of carbonyl (C=O) groups is 3. The molecule has 2 aromatic carbocycles. The lowest BCUT2D eigenvalue weighted by atomic mass is 9.83. The summed E-state index contributed by atoms with van der Waals surface area (Å²) in [6, 6.07) is 15.7. The van der Waals surface area contributed by atoms with Crippen LogP contribution in [-0.2, 0) is 32.1 Å². The number of nitrogen functional groups attached to an aromatic ring is 1. The third kappa shape index (κ3) is 7.16. The molecule has 4 N–H and O–H groups in total. The maximum absolute atomic E-state index is 13.6. The van der Waals surface area contributed by atoms with Crippen LogP contribution in [0.2, 0.25) is 0 Å². The van der Waals surface area contributed by atoms with E-state index in [1.165, 1.54) is 12.0 Å². The van der Waals surface area contributed by atoms with Gasteiger partial charge in [-0.25, -0.2) is 4.79 Å². The number of hydrogen-bond acceptors (Lipinski definition) is 5. The smallest absolute Gasteiger partial charge is 0.328 e. The summed E-state index contributed by atoms with van der Waals surface area (Å²) >= 11 is 0. The lowest BCUT2D eigenvalue weighted by molar-refractivity contribution is -0.150. The second-order valence-electron chi connectivity index (χ2n) is 9.45. The van der Waals surface area contributed by atoms with Crippen LogP contribution in [0.1, 0.15) is 48.8 Å². The number of carbonyl (C=O) groups excluding carboxylic acids is 3. The van der Waals surface area contributed by atoms with Gasteiger partial charge in [-0.1, -0.05) is 73.9 Å². The largest absolute Gasteiger partial charge is 0.467 e. The molecule has 8 nitrogen and oxygen atoms in total. The summed E-state index contributed by atoms with van der Waals surface area (Å²) in [5, 5.41) is 10.5. The third-order valence-electron chi connectivity index (χ3n) is 6.83. The van der Waals surface area contributed by atoms with Gasteiger partial charge in [0.05, 0.1) is 7.11 Å². The lowest BCUT2D eigenvalue weighted by Crippen LogP contribution is -2.52. The molecule has 1 unspecified atom stereocenters. The van der Waals surface area contributed by atoms with E-state index in [2.05, 4.69) is 5.32 Å². The van der Waals surface area contributed by atoms with E-state index in [9.17, 15) is 14.4 Å². The fourth-order valence-electron chi connectivity index (χ4n) is 4.77. The summed E-state index contributed by atoms with van der Waals surface area (Å²) in [5.41, 5.74) is 7.83. The topological polar surface area (TPSA) is 126 Å². The van der Waals surface area contributed by atoms with Crippen LogP contribution < -0.4 is 11.1 Å². The Balaban J connectivity index is 1.83. The molecule has 1 saturated carbocycles. The molecule has 192 valence electrons. The summed E-state index contributed by atoms with van der Waals surface area (Å²) in [5.74, 6) is -2.40. The third-order valence-corrected chi connectivity index (χ3v) is 6.83. The summed E-state index contributed by atoms with van der Waals surface area (Å²) in [7, 11) is 2.99. The molecule has 1 fully saturated rings. The highest BCUT2D eigenvalue weighted by Gasteiger charge is 2.36. The molecular weight excluding hydrogens is 456 g/mol. The number of rotatable bonds is 10. The van der Waals surface area contributed by atoms with Gasteiger partial charge in [0, 0.05) is 19.2 Å². The van der Waals surface area contributed by atoms with Crippen LogP contribution in [0.15, 0.2) is 54.6 Å². The number of ether oxygens (including phenoxy) is 1. The van der Waals surface area contributed by atoms with Gasteiger partial charge >= 0.3 is 5.97 Å². The molecule has 2 aromatic rings. The first-order valence-electron chi connectivity index (χ1n) is 12.4. The number of nitrogens with zero attached hydrogens (tertiary/aromatic N) is 1. The zero-order chi connectivity index (χ0) is 26.1. The summed E-state index contributed by atoms with van der Waals surface area (Å²) < 4.78 is 5.01. The van der Waals surface area contributed by atoms with Gasteiger partial charge in [-0.05, 0) is 36.3 Å². The second-order valence-corrected chi connectivity index (χ2v) is 9.45. The number of esters is 1. The molecular formula is C28H36N4O4. The van der Waals surface area contributed by atoms with E-state index in [0.29, 0.717) is 12.1 Å². The first kappa shape index (κ1) is 26.9. The average molecular weight is 493 g/mol. The van der Waals surface area contributed by atoms with Crippen molar-refractivity contribution < 1.29 is 19.1 Å². The van der Waals surface area contributed by atoms with Gasteiger partial charge in [0.2, 0.25) is 11.8 Å². The normalized spacial score (nSPS) is 15.4.